The Morgan fingerprint density at radius 3 is 2.67 bits per heavy atom. The first-order valence-electron chi connectivity index (χ1n) is 9.47. The van der Waals surface area contributed by atoms with E-state index in [0.29, 0.717) is 12.2 Å². The van der Waals surface area contributed by atoms with Crippen LogP contribution in [0.2, 0.25) is 0 Å². The van der Waals surface area contributed by atoms with Gasteiger partial charge in [0.1, 0.15) is 11.4 Å². The maximum Gasteiger partial charge on any atom is 0.287 e. The summed E-state index contributed by atoms with van der Waals surface area (Å²) >= 11 is 0. The molecule has 7 nitrogen and oxygen atoms in total. The third-order valence-corrected chi connectivity index (χ3v) is 5.36. The van der Waals surface area contributed by atoms with Crippen molar-refractivity contribution in [1.82, 2.24) is 20.2 Å². The fourth-order valence-corrected chi connectivity index (χ4v) is 3.84. The zero-order valence-corrected chi connectivity index (χ0v) is 15.4. The number of nitrogens with one attached hydrogen (secondary N) is 2. The molecule has 2 aliphatic rings. The molecule has 1 fully saturated rings. The minimum absolute atomic E-state index is 0.167. The molecule has 27 heavy (non-hydrogen) atoms. The van der Waals surface area contributed by atoms with Gasteiger partial charge in [-0.05, 0) is 30.5 Å². The van der Waals surface area contributed by atoms with Crippen molar-refractivity contribution in [3.63, 3.8) is 0 Å². The van der Waals surface area contributed by atoms with Gasteiger partial charge in [-0.3, -0.25) is 9.59 Å². The van der Waals surface area contributed by atoms with E-state index in [4.69, 9.17) is 4.74 Å². The smallest absolute Gasteiger partial charge is 0.287 e. The molecule has 2 N–H and O–H groups in total. The lowest BCUT2D eigenvalue weighted by atomic mass is 9.95. The van der Waals surface area contributed by atoms with Gasteiger partial charge < -0.3 is 19.9 Å². The molecule has 0 radical (unpaired) electrons. The second kappa shape index (κ2) is 7.42. The van der Waals surface area contributed by atoms with Crippen LogP contribution in [0.25, 0.3) is 0 Å². The minimum atomic E-state index is -0.265. The second-order valence-electron chi connectivity index (χ2n) is 7.21. The molecular formula is C20H24N4O3. The topological polar surface area (TPSA) is 85.2 Å². The van der Waals surface area contributed by atoms with E-state index in [2.05, 4.69) is 15.6 Å². The molecule has 2 aromatic rings. The average molecular weight is 368 g/mol. The molecule has 1 saturated carbocycles. The maximum absolute atomic E-state index is 12.5. The Balaban J connectivity index is 1.49. The van der Waals surface area contributed by atoms with Gasteiger partial charge in [-0.15, -0.1) is 0 Å². The third-order valence-electron chi connectivity index (χ3n) is 5.36. The number of carbonyl (C=O) groups excluding carboxylic acids is 2. The summed E-state index contributed by atoms with van der Waals surface area (Å²) in [5.74, 6) is 0.593. The highest BCUT2D eigenvalue weighted by Crippen LogP contribution is 2.24. The first-order chi connectivity index (χ1) is 13.1. The van der Waals surface area contributed by atoms with Gasteiger partial charge in [0.05, 0.1) is 13.2 Å². The van der Waals surface area contributed by atoms with Crippen LogP contribution in [0.4, 0.5) is 0 Å². The average Bonchev–Trinajstić information content (AvgIpc) is 3.14. The van der Waals surface area contributed by atoms with Crippen molar-refractivity contribution >= 4 is 11.8 Å². The number of fused-ring (bicyclic) bond motifs is 1. The number of aromatic nitrogens is 2. The first-order valence-corrected chi connectivity index (χ1v) is 9.47. The van der Waals surface area contributed by atoms with Crippen LogP contribution in [0, 0.1) is 0 Å². The van der Waals surface area contributed by atoms with Gasteiger partial charge in [0.25, 0.3) is 11.8 Å². The summed E-state index contributed by atoms with van der Waals surface area (Å²) in [5, 5.41) is 6.02. The molecule has 1 aliphatic heterocycles. The van der Waals surface area contributed by atoms with E-state index in [1.807, 2.05) is 24.3 Å². The highest BCUT2D eigenvalue weighted by atomic mass is 16.5. The number of rotatable bonds is 4. The van der Waals surface area contributed by atoms with Crippen LogP contribution < -0.4 is 15.4 Å². The van der Waals surface area contributed by atoms with Crippen LogP contribution in [0.1, 0.15) is 64.8 Å². The Morgan fingerprint density at radius 1 is 1.22 bits per heavy atom. The monoisotopic (exact) mass is 368 g/mol. The van der Waals surface area contributed by atoms with Crippen molar-refractivity contribution in [2.45, 2.75) is 50.7 Å². The molecular weight excluding hydrogens is 344 g/mol. The Morgan fingerprint density at radius 2 is 1.96 bits per heavy atom. The number of amides is 2. The molecule has 2 amide bonds. The lowest BCUT2D eigenvalue weighted by Crippen LogP contribution is -2.38. The minimum Gasteiger partial charge on any atom is -0.497 e. The Bertz CT molecular complexity index is 837. The molecule has 1 aliphatic carbocycles. The van der Waals surface area contributed by atoms with Gasteiger partial charge in [0, 0.05) is 18.8 Å². The SMILES string of the molecule is COc1ccc(C2Cn3cc(C(=O)NC4CCCCC4)nc3C(=O)N2)cc1. The number of nitrogens with zero attached hydrogens (tertiary/aromatic N) is 2. The van der Waals surface area contributed by atoms with E-state index in [-0.39, 0.29) is 29.7 Å². The fraction of sp³-hybridized carbons (Fsp3) is 0.450. The highest BCUT2D eigenvalue weighted by Gasteiger charge is 2.29. The van der Waals surface area contributed by atoms with Gasteiger partial charge in [0.2, 0.25) is 0 Å². The Kier molecular flexibility index (Phi) is 4.83. The number of methoxy groups -OCH3 is 1. The predicted molar refractivity (Wildman–Crippen MR) is 99.8 cm³/mol. The van der Waals surface area contributed by atoms with Crippen LogP contribution in [0.3, 0.4) is 0 Å². The Labute approximate surface area is 158 Å². The van der Waals surface area contributed by atoms with Crippen molar-refractivity contribution in [1.29, 1.82) is 0 Å². The molecule has 142 valence electrons. The van der Waals surface area contributed by atoms with Crippen molar-refractivity contribution in [3.8, 4) is 5.75 Å². The number of imidazole rings is 1. The van der Waals surface area contributed by atoms with E-state index in [1.165, 1.54) is 6.42 Å². The fourth-order valence-electron chi connectivity index (χ4n) is 3.84. The number of hydrogen-bond acceptors (Lipinski definition) is 4. The number of hydrogen-bond donors (Lipinski definition) is 2. The van der Waals surface area contributed by atoms with E-state index < -0.39 is 0 Å². The van der Waals surface area contributed by atoms with Crippen LogP contribution in [-0.2, 0) is 6.54 Å². The summed E-state index contributed by atoms with van der Waals surface area (Å²) in [6.45, 7) is 0.539. The van der Waals surface area contributed by atoms with Crippen molar-refractivity contribution in [3.05, 3.63) is 47.5 Å². The zero-order chi connectivity index (χ0) is 18.8. The number of ether oxygens (including phenoxy) is 1. The summed E-state index contributed by atoms with van der Waals surface area (Å²) in [7, 11) is 1.62. The van der Waals surface area contributed by atoms with E-state index in [1.54, 1.807) is 17.9 Å². The lowest BCUT2D eigenvalue weighted by Gasteiger charge is -2.25. The van der Waals surface area contributed by atoms with Crippen LogP contribution in [0.15, 0.2) is 30.5 Å². The summed E-state index contributed by atoms with van der Waals surface area (Å²) in [6, 6.07) is 7.65. The number of benzene rings is 1. The molecule has 1 aromatic carbocycles. The molecule has 0 bridgehead atoms. The van der Waals surface area contributed by atoms with E-state index in [9.17, 15) is 9.59 Å². The predicted octanol–water partition coefficient (Wildman–Crippen LogP) is 2.44. The maximum atomic E-state index is 12.5. The van der Waals surface area contributed by atoms with Gasteiger partial charge >= 0.3 is 0 Å². The highest BCUT2D eigenvalue weighted by molar-refractivity contribution is 5.96. The normalized spacial score (nSPS) is 19.9. The van der Waals surface area contributed by atoms with Crippen molar-refractivity contribution in [2.75, 3.05) is 7.11 Å². The number of carbonyl (C=O) groups is 2. The summed E-state index contributed by atoms with van der Waals surface area (Å²) in [5.41, 5.74) is 1.29. The quantitative estimate of drug-likeness (QED) is 0.868. The zero-order valence-electron chi connectivity index (χ0n) is 15.4. The molecule has 0 saturated heterocycles. The first kappa shape index (κ1) is 17.6. The lowest BCUT2D eigenvalue weighted by molar-refractivity contribution is 0.0894. The van der Waals surface area contributed by atoms with Gasteiger partial charge in [-0.25, -0.2) is 4.98 Å². The van der Waals surface area contributed by atoms with Crippen LogP contribution >= 0.6 is 0 Å². The largest absolute Gasteiger partial charge is 0.497 e. The molecule has 1 atom stereocenters. The summed E-state index contributed by atoms with van der Waals surface area (Å²) in [6.07, 6.45) is 7.24. The van der Waals surface area contributed by atoms with Gasteiger partial charge in [0.15, 0.2) is 5.82 Å². The summed E-state index contributed by atoms with van der Waals surface area (Å²) < 4.78 is 6.95. The molecule has 1 aromatic heterocycles. The molecule has 7 heteroatoms. The Hall–Kier alpha value is -2.83. The summed E-state index contributed by atoms with van der Waals surface area (Å²) in [4.78, 5) is 29.3. The van der Waals surface area contributed by atoms with Crippen LogP contribution in [-0.4, -0.2) is 34.5 Å². The van der Waals surface area contributed by atoms with Gasteiger partial charge in [-0.1, -0.05) is 31.4 Å². The van der Waals surface area contributed by atoms with Crippen molar-refractivity contribution in [2.24, 2.45) is 0 Å². The van der Waals surface area contributed by atoms with Gasteiger partial charge in [-0.2, -0.15) is 0 Å². The van der Waals surface area contributed by atoms with E-state index in [0.717, 1.165) is 37.0 Å². The molecule has 4 rings (SSSR count). The van der Waals surface area contributed by atoms with Crippen molar-refractivity contribution < 1.29 is 14.3 Å². The molecule has 0 spiro atoms. The standard InChI is InChI=1S/C20H24N4O3/c1-27-15-9-7-13(8-10-15)16-11-24-12-17(22-18(24)20(26)23-16)19(25)21-14-5-3-2-4-6-14/h7-10,12,14,16H,2-6,11H2,1H3,(H,21,25)(H,23,26). The van der Waals surface area contributed by atoms with Crippen LogP contribution in [0.5, 0.6) is 5.75 Å². The molecule has 2 heterocycles. The third kappa shape index (κ3) is 3.67. The second-order valence-corrected chi connectivity index (χ2v) is 7.21. The van der Waals surface area contributed by atoms with E-state index >= 15 is 0 Å². The molecule has 1 unspecified atom stereocenters.